The highest BCUT2D eigenvalue weighted by atomic mass is 16.1. The van der Waals surface area contributed by atoms with Crippen LogP contribution in [0.15, 0.2) is 60.9 Å². The lowest BCUT2D eigenvalue weighted by Gasteiger charge is -2.27. The largest absolute Gasteiger partial charge is 0.314 e. The number of hydrogen-bond acceptors (Lipinski definition) is 6. The standard InChI is InChI=1S/C30H33N7O/c1-3-25-30-23(7-5-9-26(30)37(34-25)20-24-8-4-6-21(2)33-24)17-28(38)27-18-32-29-16-22(10-13-36(27)29)19-35-14-11-31-12-15-35/h4-10,13,16,18,31H,3,11-12,14-15,17,19-20H2,1-2H3. The molecule has 0 unspecified atom stereocenters. The molecule has 1 aliphatic heterocycles. The highest BCUT2D eigenvalue weighted by Crippen LogP contribution is 2.26. The molecule has 8 nitrogen and oxygen atoms in total. The topological polar surface area (TPSA) is 80.3 Å². The minimum Gasteiger partial charge on any atom is -0.314 e. The molecule has 6 rings (SSSR count). The molecule has 1 N–H and O–H groups in total. The monoisotopic (exact) mass is 507 g/mol. The number of rotatable bonds is 8. The Bertz CT molecular complexity index is 1610. The first kappa shape index (κ1) is 24.5. The van der Waals surface area contributed by atoms with Crippen molar-refractivity contribution in [2.45, 2.75) is 39.8 Å². The Balaban J connectivity index is 1.26. The first-order valence-electron chi connectivity index (χ1n) is 13.4. The summed E-state index contributed by atoms with van der Waals surface area (Å²) in [5.74, 6) is 0.0509. The molecule has 8 heteroatoms. The van der Waals surface area contributed by atoms with Crippen LogP contribution in [0, 0.1) is 6.92 Å². The van der Waals surface area contributed by atoms with Crippen molar-refractivity contribution in [2.75, 3.05) is 26.2 Å². The Kier molecular flexibility index (Phi) is 6.74. The third-order valence-corrected chi connectivity index (χ3v) is 7.36. The van der Waals surface area contributed by atoms with Gasteiger partial charge in [-0.05, 0) is 54.8 Å². The zero-order valence-corrected chi connectivity index (χ0v) is 22.0. The SMILES string of the molecule is CCc1nn(Cc2cccc(C)n2)c2cccc(CC(=O)c3cnc4cc(CN5CCNCC5)ccn34)c12. The number of carbonyl (C=O) groups excluding carboxylic acids is 1. The number of Topliss-reactive ketones (excluding diaryl/α,β-unsaturated/α-hetero) is 1. The van der Waals surface area contributed by atoms with Crippen LogP contribution in [0.5, 0.6) is 0 Å². The van der Waals surface area contributed by atoms with E-state index < -0.39 is 0 Å². The van der Waals surface area contributed by atoms with Crippen LogP contribution in [0.1, 0.15) is 45.6 Å². The summed E-state index contributed by atoms with van der Waals surface area (Å²) >= 11 is 0. The lowest BCUT2D eigenvalue weighted by Crippen LogP contribution is -2.42. The lowest BCUT2D eigenvalue weighted by atomic mass is 10.0. The molecule has 194 valence electrons. The number of ketones is 1. The van der Waals surface area contributed by atoms with Gasteiger partial charge < -0.3 is 5.32 Å². The number of hydrogen-bond donors (Lipinski definition) is 1. The van der Waals surface area contributed by atoms with Crippen molar-refractivity contribution in [2.24, 2.45) is 0 Å². The van der Waals surface area contributed by atoms with Crippen LogP contribution in [-0.2, 0) is 25.9 Å². The van der Waals surface area contributed by atoms with Crippen molar-refractivity contribution in [1.82, 2.24) is 34.4 Å². The highest BCUT2D eigenvalue weighted by Gasteiger charge is 2.19. The number of carbonyl (C=O) groups is 1. The number of fused-ring (bicyclic) bond motifs is 2. The molecule has 1 saturated heterocycles. The van der Waals surface area contributed by atoms with Crippen molar-refractivity contribution in [1.29, 1.82) is 0 Å². The Hall–Kier alpha value is -3.88. The van der Waals surface area contributed by atoms with Crippen LogP contribution in [0.2, 0.25) is 0 Å². The fraction of sp³-hybridized carbons (Fsp3) is 0.333. The van der Waals surface area contributed by atoms with E-state index in [0.717, 1.165) is 78.3 Å². The summed E-state index contributed by atoms with van der Waals surface area (Å²) in [5, 5.41) is 9.38. The van der Waals surface area contributed by atoms with Crippen LogP contribution in [0.3, 0.4) is 0 Å². The molecule has 0 radical (unpaired) electrons. The summed E-state index contributed by atoms with van der Waals surface area (Å²) in [6, 6.07) is 16.4. The smallest absolute Gasteiger partial charge is 0.185 e. The molecule has 38 heavy (non-hydrogen) atoms. The molecule has 1 aliphatic rings. The van der Waals surface area contributed by atoms with E-state index in [1.54, 1.807) is 6.20 Å². The quantitative estimate of drug-likeness (QED) is 0.322. The normalized spacial score (nSPS) is 14.5. The van der Waals surface area contributed by atoms with Gasteiger partial charge in [0.05, 0.1) is 29.6 Å². The minimum atomic E-state index is 0.0509. The maximum absolute atomic E-state index is 13.6. The average molecular weight is 508 g/mol. The van der Waals surface area contributed by atoms with E-state index in [2.05, 4.69) is 45.3 Å². The number of pyridine rings is 2. The predicted molar refractivity (Wildman–Crippen MR) is 149 cm³/mol. The molecule has 0 bridgehead atoms. The van der Waals surface area contributed by atoms with Crippen molar-refractivity contribution in [3.63, 3.8) is 0 Å². The van der Waals surface area contributed by atoms with Crippen LogP contribution in [0.25, 0.3) is 16.6 Å². The summed E-state index contributed by atoms with van der Waals surface area (Å²) in [7, 11) is 0. The fourth-order valence-electron chi connectivity index (χ4n) is 5.46. The first-order chi connectivity index (χ1) is 18.6. The van der Waals surface area contributed by atoms with E-state index >= 15 is 0 Å². The number of nitrogens with one attached hydrogen (secondary N) is 1. The molecule has 1 fully saturated rings. The number of aromatic nitrogens is 5. The van der Waals surface area contributed by atoms with Gasteiger partial charge in [0, 0.05) is 56.4 Å². The van der Waals surface area contributed by atoms with Gasteiger partial charge >= 0.3 is 0 Å². The van der Waals surface area contributed by atoms with Gasteiger partial charge in [-0.1, -0.05) is 25.1 Å². The Morgan fingerprint density at radius 2 is 1.89 bits per heavy atom. The van der Waals surface area contributed by atoms with Gasteiger partial charge in [0.1, 0.15) is 11.3 Å². The third-order valence-electron chi connectivity index (χ3n) is 7.36. The van der Waals surface area contributed by atoms with Crippen LogP contribution >= 0.6 is 0 Å². The van der Waals surface area contributed by atoms with Gasteiger partial charge in [0.15, 0.2) is 5.78 Å². The van der Waals surface area contributed by atoms with Gasteiger partial charge in [-0.25, -0.2) is 4.98 Å². The number of imidazole rings is 1. The number of aryl methyl sites for hydroxylation is 2. The molecular weight excluding hydrogens is 474 g/mol. The van der Waals surface area contributed by atoms with Crippen molar-refractivity contribution < 1.29 is 4.79 Å². The fourth-order valence-corrected chi connectivity index (χ4v) is 5.46. The van der Waals surface area contributed by atoms with Gasteiger partial charge in [-0.3, -0.25) is 23.8 Å². The molecule has 0 spiro atoms. The molecule has 0 atom stereocenters. The van der Waals surface area contributed by atoms with Crippen LogP contribution < -0.4 is 5.32 Å². The van der Waals surface area contributed by atoms with E-state index in [9.17, 15) is 4.79 Å². The number of benzene rings is 1. The van der Waals surface area contributed by atoms with E-state index in [1.807, 2.05) is 52.5 Å². The van der Waals surface area contributed by atoms with Gasteiger partial charge in [-0.2, -0.15) is 5.10 Å². The lowest BCUT2D eigenvalue weighted by molar-refractivity contribution is 0.0987. The summed E-state index contributed by atoms with van der Waals surface area (Å²) < 4.78 is 3.93. The molecule has 1 aromatic carbocycles. The number of nitrogens with zero attached hydrogens (tertiary/aromatic N) is 6. The molecule has 4 aromatic heterocycles. The van der Waals surface area contributed by atoms with E-state index in [1.165, 1.54) is 5.56 Å². The third kappa shape index (κ3) is 4.85. The minimum absolute atomic E-state index is 0.0509. The summed E-state index contributed by atoms with van der Waals surface area (Å²) in [5.41, 5.74) is 7.64. The van der Waals surface area contributed by atoms with E-state index in [-0.39, 0.29) is 5.78 Å². The first-order valence-corrected chi connectivity index (χ1v) is 13.4. The Morgan fingerprint density at radius 1 is 1.05 bits per heavy atom. The van der Waals surface area contributed by atoms with Gasteiger partial charge in [0.2, 0.25) is 0 Å². The summed E-state index contributed by atoms with van der Waals surface area (Å²) in [4.78, 5) is 25.2. The molecule has 5 aromatic rings. The molecular formula is C30H33N7O. The molecule has 0 saturated carbocycles. The summed E-state index contributed by atoms with van der Waals surface area (Å²) in [6.45, 7) is 9.76. The maximum Gasteiger partial charge on any atom is 0.185 e. The van der Waals surface area contributed by atoms with Crippen molar-refractivity contribution in [3.05, 3.63) is 94.8 Å². The summed E-state index contributed by atoms with van der Waals surface area (Å²) in [6.07, 6.45) is 4.79. The zero-order chi connectivity index (χ0) is 26.1. The highest BCUT2D eigenvalue weighted by molar-refractivity contribution is 5.99. The van der Waals surface area contributed by atoms with Crippen molar-refractivity contribution in [3.8, 4) is 0 Å². The van der Waals surface area contributed by atoms with Gasteiger partial charge in [-0.15, -0.1) is 0 Å². The van der Waals surface area contributed by atoms with Gasteiger partial charge in [0.25, 0.3) is 0 Å². The molecule has 0 aliphatic carbocycles. The van der Waals surface area contributed by atoms with Crippen molar-refractivity contribution >= 4 is 22.3 Å². The second kappa shape index (κ2) is 10.5. The predicted octanol–water partition coefficient (Wildman–Crippen LogP) is 3.83. The van der Waals surface area contributed by atoms with Crippen LogP contribution in [-0.4, -0.2) is 61.0 Å². The second-order valence-electron chi connectivity index (χ2n) is 10.1. The molecule has 5 heterocycles. The van der Waals surface area contributed by atoms with Crippen LogP contribution in [0.4, 0.5) is 0 Å². The maximum atomic E-state index is 13.6. The van der Waals surface area contributed by atoms with E-state index in [0.29, 0.717) is 18.7 Å². The van der Waals surface area contributed by atoms with E-state index in [4.69, 9.17) is 5.10 Å². The average Bonchev–Trinajstić information content (AvgIpc) is 3.51. The number of piperazine rings is 1. The Labute approximate surface area is 222 Å². The zero-order valence-electron chi connectivity index (χ0n) is 22.0. The second-order valence-corrected chi connectivity index (χ2v) is 10.1. The Morgan fingerprint density at radius 3 is 2.71 bits per heavy atom. The molecule has 0 amide bonds.